The van der Waals surface area contributed by atoms with Crippen LogP contribution in [0.15, 0.2) is 146 Å². The molecule has 0 atom stereocenters. The average Bonchev–Trinajstić information content (AvgIpc) is 3.08. The molecule has 4 nitrogen and oxygen atoms in total. The van der Waals surface area contributed by atoms with Crippen molar-refractivity contribution < 1.29 is 0 Å². The molecule has 5 aromatic carbocycles. The number of fused-ring (bicyclic) bond motifs is 4. The molecule has 0 amide bonds. The fraction of sp³-hybridized carbons (Fsp3) is 0. The first-order valence-corrected chi connectivity index (χ1v) is 14.0. The average molecular weight is 537 g/mol. The molecule has 0 N–H and O–H groups in total. The number of pyridine rings is 2. The van der Waals surface area contributed by atoms with Gasteiger partial charge in [0.1, 0.15) is 0 Å². The molecule has 42 heavy (non-hydrogen) atoms. The highest BCUT2D eigenvalue weighted by molar-refractivity contribution is 6.11. The Hall–Kier alpha value is -5.74. The molecule has 0 saturated heterocycles. The van der Waals surface area contributed by atoms with Crippen molar-refractivity contribution in [2.75, 3.05) is 0 Å². The first-order chi connectivity index (χ1) is 20.8. The van der Waals surface area contributed by atoms with Crippen molar-refractivity contribution >= 4 is 32.6 Å². The van der Waals surface area contributed by atoms with Crippen LogP contribution >= 0.6 is 0 Å². The summed E-state index contributed by atoms with van der Waals surface area (Å²) in [6, 6.07) is 47.8. The lowest BCUT2D eigenvalue weighted by molar-refractivity contribution is 1.23. The van der Waals surface area contributed by atoms with Crippen LogP contribution in [0.5, 0.6) is 0 Å². The summed E-state index contributed by atoms with van der Waals surface area (Å²) in [5.74, 6) is 0.696. The standard InChI is InChI=1S/C38H24N4/c1-3-9-26(10-4-1)33-14-7-15-34(40-33)29-18-16-25-20-21-31-36(30-19-17-27-13-8-22-39-35(27)24-30)41-38(28-11-5-2-6-12-28)42-37(31)32(25)23-29/h1-24H. The van der Waals surface area contributed by atoms with Gasteiger partial charge in [0.2, 0.25) is 0 Å². The van der Waals surface area contributed by atoms with Crippen molar-refractivity contribution in [3.63, 3.8) is 0 Å². The Morgan fingerprint density at radius 1 is 0.405 bits per heavy atom. The van der Waals surface area contributed by atoms with Gasteiger partial charge in [-0.3, -0.25) is 4.98 Å². The fourth-order valence-corrected chi connectivity index (χ4v) is 5.59. The van der Waals surface area contributed by atoms with Crippen molar-refractivity contribution in [1.82, 2.24) is 19.9 Å². The van der Waals surface area contributed by atoms with Crippen molar-refractivity contribution in [2.45, 2.75) is 0 Å². The van der Waals surface area contributed by atoms with E-state index in [1.807, 2.05) is 48.7 Å². The lowest BCUT2D eigenvalue weighted by atomic mass is 9.98. The van der Waals surface area contributed by atoms with Gasteiger partial charge in [0.15, 0.2) is 5.82 Å². The lowest BCUT2D eigenvalue weighted by Crippen LogP contribution is -1.96. The first kappa shape index (κ1) is 24.1. The summed E-state index contributed by atoms with van der Waals surface area (Å²) in [6.07, 6.45) is 1.83. The smallest absolute Gasteiger partial charge is 0.160 e. The van der Waals surface area contributed by atoms with Gasteiger partial charge in [-0.15, -0.1) is 0 Å². The summed E-state index contributed by atoms with van der Waals surface area (Å²) < 4.78 is 0. The number of rotatable bonds is 4. The number of hydrogen-bond donors (Lipinski definition) is 0. The maximum Gasteiger partial charge on any atom is 0.160 e. The normalized spacial score (nSPS) is 11.3. The van der Waals surface area contributed by atoms with Crippen LogP contribution < -0.4 is 0 Å². The van der Waals surface area contributed by atoms with Gasteiger partial charge in [0.25, 0.3) is 0 Å². The monoisotopic (exact) mass is 536 g/mol. The van der Waals surface area contributed by atoms with E-state index in [9.17, 15) is 0 Å². The van der Waals surface area contributed by atoms with Gasteiger partial charge in [-0.1, -0.05) is 103 Å². The van der Waals surface area contributed by atoms with E-state index >= 15 is 0 Å². The number of nitrogens with zero attached hydrogens (tertiary/aromatic N) is 4. The van der Waals surface area contributed by atoms with Gasteiger partial charge in [0, 0.05) is 44.6 Å². The van der Waals surface area contributed by atoms with Crippen molar-refractivity contribution in [3.05, 3.63) is 146 Å². The zero-order chi connectivity index (χ0) is 27.9. The minimum atomic E-state index is 0.696. The molecule has 0 spiro atoms. The summed E-state index contributed by atoms with van der Waals surface area (Å²) in [5, 5.41) is 4.29. The summed E-state index contributed by atoms with van der Waals surface area (Å²) in [7, 11) is 0. The van der Waals surface area contributed by atoms with E-state index in [2.05, 4.69) is 102 Å². The van der Waals surface area contributed by atoms with Gasteiger partial charge < -0.3 is 0 Å². The van der Waals surface area contributed by atoms with Crippen LogP contribution in [0.3, 0.4) is 0 Å². The van der Waals surface area contributed by atoms with Crippen molar-refractivity contribution in [1.29, 1.82) is 0 Å². The number of benzene rings is 5. The second-order valence-electron chi connectivity index (χ2n) is 10.3. The molecule has 196 valence electrons. The molecular formula is C38H24N4. The zero-order valence-electron chi connectivity index (χ0n) is 22.6. The van der Waals surface area contributed by atoms with Crippen LogP contribution in [0.2, 0.25) is 0 Å². The van der Waals surface area contributed by atoms with Crippen LogP contribution in [0.25, 0.3) is 77.7 Å². The molecule has 3 heterocycles. The molecule has 0 aliphatic rings. The highest BCUT2D eigenvalue weighted by Gasteiger charge is 2.15. The van der Waals surface area contributed by atoms with E-state index in [4.69, 9.17) is 15.0 Å². The summed E-state index contributed by atoms with van der Waals surface area (Å²) in [5.41, 5.74) is 8.75. The molecule has 3 aromatic heterocycles. The molecule has 0 saturated carbocycles. The van der Waals surface area contributed by atoms with Gasteiger partial charge >= 0.3 is 0 Å². The van der Waals surface area contributed by atoms with E-state index in [1.165, 1.54) is 0 Å². The largest absolute Gasteiger partial charge is 0.256 e. The van der Waals surface area contributed by atoms with Gasteiger partial charge in [-0.25, -0.2) is 15.0 Å². The van der Waals surface area contributed by atoms with Crippen LogP contribution in [-0.2, 0) is 0 Å². The Kier molecular flexibility index (Phi) is 5.75. The first-order valence-electron chi connectivity index (χ1n) is 14.0. The Labute approximate surface area is 243 Å². The zero-order valence-corrected chi connectivity index (χ0v) is 22.6. The third-order valence-corrected chi connectivity index (χ3v) is 7.71. The maximum absolute atomic E-state index is 5.17. The minimum absolute atomic E-state index is 0.696. The van der Waals surface area contributed by atoms with Crippen LogP contribution in [0.1, 0.15) is 0 Å². The van der Waals surface area contributed by atoms with E-state index in [-0.39, 0.29) is 0 Å². The molecule has 0 fully saturated rings. The van der Waals surface area contributed by atoms with Gasteiger partial charge in [-0.2, -0.15) is 0 Å². The SMILES string of the molecule is c1ccc(-c2cccc(-c3ccc4ccc5c(-c6ccc7cccnc7c6)nc(-c6ccccc6)nc5c4c3)n2)cc1. The molecule has 0 unspecified atom stereocenters. The van der Waals surface area contributed by atoms with Crippen LogP contribution in [0, 0.1) is 0 Å². The Morgan fingerprint density at radius 2 is 1.12 bits per heavy atom. The molecule has 0 radical (unpaired) electrons. The van der Waals surface area contributed by atoms with Gasteiger partial charge in [-0.05, 0) is 41.8 Å². The lowest BCUT2D eigenvalue weighted by Gasteiger charge is -2.13. The molecular weight excluding hydrogens is 512 g/mol. The topological polar surface area (TPSA) is 51.6 Å². The fourth-order valence-electron chi connectivity index (χ4n) is 5.59. The molecule has 8 rings (SSSR count). The molecule has 8 aromatic rings. The molecule has 0 aliphatic carbocycles. The maximum atomic E-state index is 5.17. The Morgan fingerprint density at radius 3 is 1.95 bits per heavy atom. The van der Waals surface area contributed by atoms with E-state index in [1.54, 1.807) is 0 Å². The Bertz CT molecular complexity index is 2240. The van der Waals surface area contributed by atoms with Gasteiger partial charge in [0.05, 0.1) is 28.1 Å². The van der Waals surface area contributed by atoms with E-state index in [0.717, 1.165) is 71.9 Å². The molecule has 0 bridgehead atoms. The van der Waals surface area contributed by atoms with E-state index in [0.29, 0.717) is 5.82 Å². The molecule has 0 aliphatic heterocycles. The quantitative estimate of drug-likeness (QED) is 0.210. The summed E-state index contributed by atoms with van der Waals surface area (Å²) in [4.78, 5) is 19.9. The predicted octanol–water partition coefficient (Wildman–Crippen LogP) is 9.39. The second kappa shape index (κ2) is 10.0. The minimum Gasteiger partial charge on any atom is -0.256 e. The van der Waals surface area contributed by atoms with Crippen molar-refractivity contribution in [3.8, 4) is 45.2 Å². The third-order valence-electron chi connectivity index (χ3n) is 7.71. The Balaban J connectivity index is 1.37. The van der Waals surface area contributed by atoms with E-state index < -0.39 is 0 Å². The number of hydrogen-bond acceptors (Lipinski definition) is 4. The third kappa shape index (κ3) is 4.27. The summed E-state index contributed by atoms with van der Waals surface area (Å²) in [6.45, 7) is 0. The predicted molar refractivity (Wildman–Crippen MR) is 172 cm³/mol. The second-order valence-corrected chi connectivity index (χ2v) is 10.3. The van der Waals surface area contributed by atoms with Crippen LogP contribution in [-0.4, -0.2) is 19.9 Å². The highest BCUT2D eigenvalue weighted by atomic mass is 14.9. The number of aromatic nitrogens is 4. The summed E-state index contributed by atoms with van der Waals surface area (Å²) >= 11 is 0. The molecule has 4 heteroatoms. The van der Waals surface area contributed by atoms with Crippen molar-refractivity contribution in [2.24, 2.45) is 0 Å². The highest BCUT2D eigenvalue weighted by Crippen LogP contribution is 2.36. The van der Waals surface area contributed by atoms with Crippen LogP contribution in [0.4, 0.5) is 0 Å².